The number of nitrogens with one attached hydrogen (secondary N) is 1. The maximum absolute atomic E-state index is 11.3. The van der Waals surface area contributed by atoms with Crippen molar-refractivity contribution in [1.82, 2.24) is 4.98 Å². The number of nitro benzene ring substituents is 1. The van der Waals surface area contributed by atoms with Gasteiger partial charge in [-0.3, -0.25) is 10.1 Å². The molecule has 0 spiro atoms. The van der Waals surface area contributed by atoms with Crippen LogP contribution in [-0.2, 0) is 11.3 Å². The number of hydrogen-bond acceptors (Lipinski definition) is 3. The Hall–Kier alpha value is -2.66. The van der Waals surface area contributed by atoms with Gasteiger partial charge in [0.2, 0.25) is 0 Å². The first-order valence-corrected chi connectivity index (χ1v) is 6.53. The zero-order valence-electron chi connectivity index (χ0n) is 11.5. The van der Waals surface area contributed by atoms with Crippen LogP contribution in [0.25, 0.3) is 22.2 Å². The molecule has 0 radical (unpaired) electrons. The molecule has 5 heteroatoms. The van der Waals surface area contributed by atoms with E-state index in [4.69, 9.17) is 4.74 Å². The first-order valence-electron chi connectivity index (χ1n) is 6.53. The molecule has 0 bridgehead atoms. The summed E-state index contributed by atoms with van der Waals surface area (Å²) in [6.45, 7) is 0.350. The van der Waals surface area contributed by atoms with E-state index in [0.717, 1.165) is 22.2 Å². The molecular weight excluding hydrogens is 268 g/mol. The molecule has 3 aromatic rings. The van der Waals surface area contributed by atoms with Crippen molar-refractivity contribution in [3.63, 3.8) is 0 Å². The summed E-state index contributed by atoms with van der Waals surface area (Å²) in [5, 5.41) is 12.1. The van der Waals surface area contributed by atoms with Crippen molar-refractivity contribution in [2.45, 2.75) is 6.61 Å². The van der Waals surface area contributed by atoms with E-state index in [1.165, 1.54) is 0 Å². The number of rotatable bonds is 4. The van der Waals surface area contributed by atoms with Crippen LogP contribution < -0.4 is 0 Å². The van der Waals surface area contributed by atoms with Crippen LogP contribution in [0.3, 0.4) is 0 Å². The Morgan fingerprint density at radius 2 is 1.95 bits per heavy atom. The van der Waals surface area contributed by atoms with Crippen LogP contribution in [0.4, 0.5) is 5.69 Å². The summed E-state index contributed by atoms with van der Waals surface area (Å²) in [5.74, 6) is 0. The standard InChI is InChI=1S/C16H14N2O3/c1-21-10-11-7-13-9-14(12-5-3-2-4-6-12)17-16(13)15(8-11)18(19)20/h2-9,17H,10H2,1H3. The van der Waals surface area contributed by atoms with Crippen LogP contribution in [0, 0.1) is 10.1 Å². The number of nitro groups is 1. The van der Waals surface area contributed by atoms with Crippen molar-refractivity contribution in [2.75, 3.05) is 7.11 Å². The smallest absolute Gasteiger partial charge is 0.293 e. The van der Waals surface area contributed by atoms with Crippen molar-refractivity contribution in [2.24, 2.45) is 0 Å². The molecule has 0 saturated carbocycles. The van der Waals surface area contributed by atoms with E-state index in [1.54, 1.807) is 13.2 Å². The molecule has 2 aromatic carbocycles. The molecule has 1 aromatic heterocycles. The number of non-ortho nitro benzene ring substituents is 1. The molecular formula is C16H14N2O3. The minimum Gasteiger partial charge on any atom is -0.380 e. The molecule has 21 heavy (non-hydrogen) atoms. The quantitative estimate of drug-likeness (QED) is 0.583. The van der Waals surface area contributed by atoms with Crippen LogP contribution in [0.2, 0.25) is 0 Å². The van der Waals surface area contributed by atoms with Gasteiger partial charge in [-0.2, -0.15) is 0 Å². The third-order valence-corrected chi connectivity index (χ3v) is 3.36. The summed E-state index contributed by atoms with van der Waals surface area (Å²) >= 11 is 0. The van der Waals surface area contributed by atoms with Crippen molar-refractivity contribution in [3.05, 3.63) is 64.2 Å². The second-order valence-electron chi connectivity index (χ2n) is 4.82. The highest BCUT2D eigenvalue weighted by Crippen LogP contribution is 2.31. The predicted octanol–water partition coefficient (Wildman–Crippen LogP) is 3.89. The van der Waals surface area contributed by atoms with Gasteiger partial charge >= 0.3 is 0 Å². The fourth-order valence-corrected chi connectivity index (χ4v) is 2.45. The van der Waals surface area contributed by atoms with Gasteiger partial charge in [0.15, 0.2) is 0 Å². The number of H-pyrrole nitrogens is 1. The van der Waals surface area contributed by atoms with Crippen molar-refractivity contribution < 1.29 is 9.66 Å². The van der Waals surface area contributed by atoms with Crippen LogP contribution in [0.15, 0.2) is 48.5 Å². The summed E-state index contributed by atoms with van der Waals surface area (Å²) in [6, 6.07) is 15.1. The predicted molar refractivity (Wildman–Crippen MR) is 81.1 cm³/mol. The lowest BCUT2D eigenvalue weighted by Crippen LogP contribution is -1.93. The first-order chi connectivity index (χ1) is 10.2. The Kier molecular flexibility index (Phi) is 3.41. The largest absolute Gasteiger partial charge is 0.380 e. The average molecular weight is 282 g/mol. The van der Waals surface area contributed by atoms with Gasteiger partial charge < -0.3 is 9.72 Å². The maximum atomic E-state index is 11.3. The van der Waals surface area contributed by atoms with E-state index in [0.29, 0.717) is 12.1 Å². The number of nitrogens with zero attached hydrogens (tertiary/aromatic N) is 1. The van der Waals surface area contributed by atoms with Crippen LogP contribution in [0.5, 0.6) is 0 Å². The van der Waals surface area contributed by atoms with Gasteiger partial charge in [0.25, 0.3) is 5.69 Å². The minimum atomic E-state index is -0.368. The number of aromatic nitrogens is 1. The first kappa shape index (κ1) is 13.3. The SMILES string of the molecule is COCc1cc([N+](=O)[O-])c2[nH]c(-c3ccccc3)cc2c1. The Bertz CT molecular complexity index is 794. The van der Waals surface area contributed by atoms with Gasteiger partial charge in [-0.1, -0.05) is 30.3 Å². The Morgan fingerprint density at radius 1 is 1.19 bits per heavy atom. The molecule has 0 atom stereocenters. The highest BCUT2D eigenvalue weighted by Gasteiger charge is 2.17. The third kappa shape index (κ3) is 2.51. The molecule has 106 valence electrons. The molecule has 0 aliphatic heterocycles. The Labute approximate surface area is 121 Å². The van der Waals surface area contributed by atoms with E-state index in [-0.39, 0.29) is 10.6 Å². The van der Waals surface area contributed by atoms with Gasteiger partial charge in [0, 0.05) is 24.3 Å². The van der Waals surface area contributed by atoms with E-state index < -0.39 is 0 Å². The van der Waals surface area contributed by atoms with E-state index in [1.807, 2.05) is 42.5 Å². The van der Waals surface area contributed by atoms with Crippen molar-refractivity contribution in [3.8, 4) is 11.3 Å². The molecule has 0 aliphatic rings. The van der Waals surface area contributed by atoms with E-state index in [2.05, 4.69) is 4.98 Å². The highest BCUT2D eigenvalue weighted by atomic mass is 16.6. The van der Waals surface area contributed by atoms with E-state index >= 15 is 0 Å². The van der Waals surface area contributed by atoms with Gasteiger partial charge in [-0.25, -0.2) is 0 Å². The third-order valence-electron chi connectivity index (χ3n) is 3.36. The fourth-order valence-electron chi connectivity index (χ4n) is 2.45. The minimum absolute atomic E-state index is 0.0710. The van der Waals surface area contributed by atoms with Gasteiger partial charge in [-0.05, 0) is 23.3 Å². The molecule has 0 unspecified atom stereocenters. The van der Waals surface area contributed by atoms with Crippen LogP contribution in [-0.4, -0.2) is 17.0 Å². The monoisotopic (exact) mass is 282 g/mol. The van der Waals surface area contributed by atoms with Gasteiger partial charge in [-0.15, -0.1) is 0 Å². The number of hydrogen-bond donors (Lipinski definition) is 1. The lowest BCUT2D eigenvalue weighted by Gasteiger charge is -2.01. The summed E-state index contributed by atoms with van der Waals surface area (Å²) < 4.78 is 5.07. The maximum Gasteiger partial charge on any atom is 0.293 e. The Balaban J connectivity index is 2.20. The van der Waals surface area contributed by atoms with Gasteiger partial charge in [0.05, 0.1) is 11.5 Å². The highest BCUT2D eigenvalue weighted by molar-refractivity contribution is 5.92. The summed E-state index contributed by atoms with van der Waals surface area (Å²) in [4.78, 5) is 14.0. The van der Waals surface area contributed by atoms with Crippen LogP contribution in [0.1, 0.15) is 5.56 Å². The molecule has 1 N–H and O–H groups in total. The van der Waals surface area contributed by atoms with Crippen molar-refractivity contribution >= 4 is 16.6 Å². The second-order valence-corrected chi connectivity index (χ2v) is 4.82. The molecule has 1 heterocycles. The number of aromatic amines is 1. The molecule has 0 aliphatic carbocycles. The zero-order valence-corrected chi connectivity index (χ0v) is 11.5. The van der Waals surface area contributed by atoms with Crippen LogP contribution >= 0.6 is 0 Å². The number of fused-ring (bicyclic) bond motifs is 1. The topological polar surface area (TPSA) is 68.2 Å². The lowest BCUT2D eigenvalue weighted by molar-refractivity contribution is -0.383. The number of ether oxygens (including phenoxy) is 1. The van der Waals surface area contributed by atoms with E-state index in [9.17, 15) is 10.1 Å². The van der Waals surface area contributed by atoms with Crippen molar-refractivity contribution in [1.29, 1.82) is 0 Å². The number of methoxy groups -OCH3 is 1. The lowest BCUT2D eigenvalue weighted by atomic mass is 10.1. The normalized spacial score (nSPS) is 10.9. The molecule has 0 fully saturated rings. The summed E-state index contributed by atoms with van der Waals surface area (Å²) in [5.41, 5.74) is 3.26. The summed E-state index contributed by atoms with van der Waals surface area (Å²) in [6.07, 6.45) is 0. The Morgan fingerprint density at radius 3 is 2.62 bits per heavy atom. The number of benzene rings is 2. The summed E-state index contributed by atoms with van der Waals surface area (Å²) in [7, 11) is 1.57. The molecule has 5 nitrogen and oxygen atoms in total. The average Bonchev–Trinajstić information content (AvgIpc) is 2.91. The molecule has 0 saturated heterocycles. The molecule has 3 rings (SSSR count). The van der Waals surface area contributed by atoms with Gasteiger partial charge in [0.1, 0.15) is 5.52 Å². The second kappa shape index (κ2) is 5.38. The fraction of sp³-hybridized carbons (Fsp3) is 0.125. The molecule has 0 amide bonds. The zero-order chi connectivity index (χ0) is 14.8.